The average molecular weight is 479 g/mol. The van der Waals surface area contributed by atoms with Gasteiger partial charge in [-0.05, 0) is 92.4 Å². The molecule has 192 valence electrons. The van der Waals surface area contributed by atoms with Crippen molar-refractivity contribution in [2.45, 2.75) is 109 Å². The van der Waals surface area contributed by atoms with Crippen molar-refractivity contribution in [1.82, 2.24) is 0 Å². The molecule has 1 heterocycles. The topological polar surface area (TPSA) is 116 Å². The third kappa shape index (κ3) is 3.73. The van der Waals surface area contributed by atoms with Crippen LogP contribution in [0.5, 0.6) is 0 Å². The van der Waals surface area contributed by atoms with Gasteiger partial charge in [0.2, 0.25) is 0 Å². The Bertz CT molecular complexity index is 826. The molecule has 12 atom stereocenters. The van der Waals surface area contributed by atoms with Crippen molar-refractivity contribution in [1.29, 1.82) is 0 Å². The Balaban J connectivity index is 1.31. The Kier molecular flexibility index (Phi) is 6.52. The molecule has 0 aromatic carbocycles. The third-order valence-electron chi connectivity index (χ3n) is 10.8. The van der Waals surface area contributed by atoms with Crippen LogP contribution in [0.15, 0.2) is 11.6 Å². The lowest BCUT2D eigenvalue weighted by Crippen LogP contribution is -2.60. The summed E-state index contributed by atoms with van der Waals surface area (Å²) in [4.78, 5) is 12.1. The number of rotatable bonds is 4. The number of aliphatic hydroxyl groups excluding tert-OH is 4. The number of carbonyl (C=O) groups excluding carboxylic acids is 1. The lowest BCUT2D eigenvalue weighted by atomic mass is 9.46. The molecule has 7 heteroatoms. The quantitative estimate of drug-likeness (QED) is 0.490. The molecule has 0 aromatic heterocycles. The second-order valence-electron chi connectivity index (χ2n) is 12.2. The largest absolute Gasteiger partial charge is 0.394 e. The average Bonchev–Trinajstić information content (AvgIpc) is 3.17. The number of fused-ring (bicyclic) bond motifs is 5. The van der Waals surface area contributed by atoms with E-state index in [1.165, 1.54) is 18.4 Å². The second-order valence-corrected chi connectivity index (χ2v) is 12.2. The summed E-state index contributed by atoms with van der Waals surface area (Å²) in [5.41, 5.74) is 1.69. The highest BCUT2D eigenvalue weighted by atomic mass is 16.7. The molecule has 0 unspecified atom stereocenters. The number of ether oxygens (including phenoxy) is 2. The second kappa shape index (κ2) is 8.93. The highest BCUT2D eigenvalue weighted by molar-refractivity contribution is 5.91. The Morgan fingerprint density at radius 3 is 2.53 bits per heavy atom. The van der Waals surface area contributed by atoms with Gasteiger partial charge < -0.3 is 29.9 Å². The third-order valence-corrected chi connectivity index (χ3v) is 10.8. The van der Waals surface area contributed by atoms with Crippen LogP contribution in [0, 0.1) is 34.5 Å². The van der Waals surface area contributed by atoms with Gasteiger partial charge in [0, 0.05) is 6.42 Å². The number of hydrogen-bond donors (Lipinski definition) is 4. The van der Waals surface area contributed by atoms with Crippen molar-refractivity contribution in [2.75, 3.05) is 6.61 Å². The van der Waals surface area contributed by atoms with Crippen LogP contribution in [-0.2, 0) is 14.3 Å². The van der Waals surface area contributed by atoms with Crippen LogP contribution in [0.3, 0.4) is 0 Å². The summed E-state index contributed by atoms with van der Waals surface area (Å²) in [6, 6.07) is 0. The minimum atomic E-state index is -1.42. The van der Waals surface area contributed by atoms with Gasteiger partial charge in [-0.2, -0.15) is 0 Å². The Morgan fingerprint density at radius 2 is 1.79 bits per heavy atom. The van der Waals surface area contributed by atoms with Gasteiger partial charge in [0.1, 0.15) is 24.4 Å². The van der Waals surface area contributed by atoms with Gasteiger partial charge in [-0.25, -0.2) is 0 Å². The van der Waals surface area contributed by atoms with E-state index in [0.717, 1.165) is 32.1 Å². The molecule has 1 aliphatic heterocycles. The predicted molar refractivity (Wildman–Crippen MR) is 125 cm³/mol. The van der Waals surface area contributed by atoms with Gasteiger partial charge >= 0.3 is 0 Å². The van der Waals surface area contributed by atoms with E-state index in [1.807, 2.05) is 13.0 Å². The predicted octanol–water partition coefficient (Wildman–Crippen LogP) is 2.34. The van der Waals surface area contributed by atoms with Crippen LogP contribution < -0.4 is 0 Å². The summed E-state index contributed by atoms with van der Waals surface area (Å²) in [7, 11) is 0. The van der Waals surface area contributed by atoms with Crippen LogP contribution in [0.2, 0.25) is 0 Å². The van der Waals surface area contributed by atoms with E-state index >= 15 is 0 Å². The van der Waals surface area contributed by atoms with Crippen LogP contribution in [0.25, 0.3) is 0 Å². The van der Waals surface area contributed by atoms with E-state index in [2.05, 4.69) is 13.8 Å². The van der Waals surface area contributed by atoms with Crippen LogP contribution in [0.1, 0.15) is 72.1 Å². The fourth-order valence-corrected chi connectivity index (χ4v) is 8.86. The van der Waals surface area contributed by atoms with Crippen molar-refractivity contribution < 1.29 is 34.7 Å². The summed E-state index contributed by atoms with van der Waals surface area (Å²) in [6.07, 6.45) is 3.97. The Morgan fingerprint density at radius 1 is 1.03 bits per heavy atom. The van der Waals surface area contributed by atoms with Gasteiger partial charge in [0.05, 0.1) is 12.7 Å². The van der Waals surface area contributed by atoms with Gasteiger partial charge in [0.25, 0.3) is 0 Å². The Hall–Kier alpha value is -0.830. The molecule has 0 bridgehead atoms. The zero-order valence-corrected chi connectivity index (χ0v) is 20.7. The molecule has 0 amide bonds. The summed E-state index contributed by atoms with van der Waals surface area (Å²) < 4.78 is 11.8. The minimum Gasteiger partial charge on any atom is -0.394 e. The summed E-state index contributed by atoms with van der Waals surface area (Å²) in [5, 5.41) is 40.2. The first-order valence-corrected chi connectivity index (χ1v) is 13.3. The molecule has 1 saturated heterocycles. The van der Waals surface area contributed by atoms with E-state index in [4.69, 9.17) is 9.47 Å². The summed E-state index contributed by atoms with van der Waals surface area (Å²) >= 11 is 0. The van der Waals surface area contributed by atoms with Crippen LogP contribution >= 0.6 is 0 Å². The molecule has 0 radical (unpaired) electrons. The number of ketones is 1. The summed E-state index contributed by atoms with van der Waals surface area (Å²) in [6.45, 7) is 6.40. The fourth-order valence-electron chi connectivity index (χ4n) is 8.86. The van der Waals surface area contributed by atoms with Crippen molar-refractivity contribution in [3.8, 4) is 0 Å². The smallest absolute Gasteiger partial charge is 0.186 e. The zero-order valence-electron chi connectivity index (χ0n) is 20.7. The minimum absolute atomic E-state index is 0.136. The number of hydrogen-bond acceptors (Lipinski definition) is 7. The van der Waals surface area contributed by atoms with E-state index in [1.54, 1.807) is 0 Å². The van der Waals surface area contributed by atoms with Crippen molar-refractivity contribution in [3.05, 3.63) is 11.6 Å². The standard InChI is InChI=1S/C27H42O7/c1-14(33-25-24(32)23(31)22(30)21(13-28)34-25)18-6-7-19-17-5-4-15-12-16(29)8-10-26(15,2)20(17)9-11-27(18,19)3/h12,14,17-25,28,30-32H,4-11,13H2,1-3H3/t14-,17-,18+,19-,20-,21+,22+,23-,24+,25+,26-,27+/m0/s1. The van der Waals surface area contributed by atoms with Crippen LogP contribution in [0.4, 0.5) is 0 Å². The first-order chi connectivity index (χ1) is 16.1. The van der Waals surface area contributed by atoms with E-state index < -0.39 is 37.3 Å². The molecule has 4 N–H and O–H groups in total. The lowest BCUT2D eigenvalue weighted by molar-refractivity contribution is -0.315. The SMILES string of the molecule is C[C@H](O[C@@H]1O[C@H](CO)[C@@H](O)[C@H](O)[C@H]1O)[C@H]1CC[C@H]2[C@@H]3CCC4=CC(=O)CC[C@]4(C)[C@H]3CC[C@]12C. The normalized spacial score (nSPS) is 51.8. The lowest BCUT2D eigenvalue weighted by Gasteiger charge is -2.58. The van der Waals surface area contributed by atoms with Crippen molar-refractivity contribution in [3.63, 3.8) is 0 Å². The first kappa shape index (κ1) is 24.8. The maximum absolute atomic E-state index is 12.1. The van der Waals surface area contributed by atoms with E-state index in [9.17, 15) is 25.2 Å². The fraction of sp³-hybridized carbons (Fsp3) is 0.889. The van der Waals surface area contributed by atoms with Gasteiger partial charge in [0.15, 0.2) is 12.1 Å². The Labute approximate surface area is 202 Å². The molecule has 0 aromatic rings. The summed E-state index contributed by atoms with van der Waals surface area (Å²) in [5.74, 6) is 2.53. The number of allylic oxidation sites excluding steroid dienone is 1. The molecule has 5 rings (SSSR count). The van der Waals surface area contributed by atoms with Gasteiger partial charge in [-0.1, -0.05) is 19.4 Å². The maximum atomic E-state index is 12.1. The molecule has 5 aliphatic rings. The van der Waals surface area contributed by atoms with Crippen molar-refractivity contribution in [2.24, 2.45) is 34.5 Å². The molecule has 4 aliphatic carbocycles. The molecule has 7 nitrogen and oxygen atoms in total. The number of carbonyl (C=O) groups is 1. The van der Waals surface area contributed by atoms with Crippen molar-refractivity contribution >= 4 is 5.78 Å². The van der Waals surface area contributed by atoms with E-state index in [0.29, 0.717) is 35.9 Å². The maximum Gasteiger partial charge on any atom is 0.186 e. The molecule has 4 fully saturated rings. The monoisotopic (exact) mass is 478 g/mol. The van der Waals surface area contributed by atoms with E-state index in [-0.39, 0.29) is 16.9 Å². The number of aliphatic hydroxyl groups is 4. The van der Waals surface area contributed by atoms with Crippen LogP contribution in [-0.4, -0.2) is 69.6 Å². The van der Waals surface area contributed by atoms with Gasteiger partial charge in [-0.3, -0.25) is 4.79 Å². The molecule has 0 spiro atoms. The zero-order chi connectivity index (χ0) is 24.4. The molecule has 3 saturated carbocycles. The molecular weight excluding hydrogens is 436 g/mol. The van der Waals surface area contributed by atoms with Gasteiger partial charge in [-0.15, -0.1) is 0 Å². The molecular formula is C27H42O7. The highest BCUT2D eigenvalue weighted by Gasteiger charge is 2.60. The molecule has 34 heavy (non-hydrogen) atoms. The first-order valence-electron chi connectivity index (χ1n) is 13.3. The highest BCUT2D eigenvalue weighted by Crippen LogP contribution is 2.67.